The molecule has 0 saturated carbocycles. The van der Waals surface area contributed by atoms with E-state index in [9.17, 15) is 18.0 Å². The van der Waals surface area contributed by atoms with Crippen LogP contribution >= 0.6 is 0 Å². The summed E-state index contributed by atoms with van der Waals surface area (Å²) >= 11 is 0. The van der Waals surface area contributed by atoms with Gasteiger partial charge in [-0.2, -0.15) is 13.2 Å². The van der Waals surface area contributed by atoms with E-state index >= 15 is 0 Å². The Bertz CT molecular complexity index is 711. The van der Waals surface area contributed by atoms with Gasteiger partial charge in [0, 0.05) is 7.05 Å². The average Bonchev–Trinajstić information content (AvgIpc) is 2.86. The molecule has 2 rings (SSSR count). The van der Waals surface area contributed by atoms with E-state index < -0.39 is 24.3 Å². The summed E-state index contributed by atoms with van der Waals surface area (Å²) in [5.74, 6) is -0.438. The number of hydrogen-bond donors (Lipinski definition) is 1. The molecule has 0 aliphatic carbocycles. The lowest BCUT2D eigenvalue weighted by atomic mass is 10.3. The summed E-state index contributed by atoms with van der Waals surface area (Å²) in [4.78, 5) is 19.7. The maximum Gasteiger partial charge on any atom is 0.434 e. The number of carbonyl (C=O) groups is 1. The summed E-state index contributed by atoms with van der Waals surface area (Å²) in [7, 11) is 1.13. The van der Waals surface area contributed by atoms with Gasteiger partial charge in [0.25, 0.3) is 5.91 Å². The Morgan fingerprint density at radius 3 is 2.58 bits per heavy atom. The van der Waals surface area contributed by atoms with Gasteiger partial charge in [0.1, 0.15) is 11.4 Å². The van der Waals surface area contributed by atoms with Crippen molar-refractivity contribution in [3.63, 3.8) is 0 Å². The summed E-state index contributed by atoms with van der Waals surface area (Å²) in [5, 5.41) is 9.04. The number of aromatic nitrogens is 5. The molecule has 2 heterocycles. The predicted octanol–water partition coefficient (Wildman–Crippen LogP) is 1.34. The van der Waals surface area contributed by atoms with E-state index in [2.05, 4.69) is 25.6 Å². The molecule has 2 aromatic heterocycles. The van der Waals surface area contributed by atoms with E-state index in [1.165, 1.54) is 12.4 Å². The summed E-state index contributed by atoms with van der Waals surface area (Å²) in [6.07, 6.45) is -2.28. The second-order valence-corrected chi connectivity index (χ2v) is 5.10. The van der Waals surface area contributed by atoms with Gasteiger partial charge in [0.15, 0.2) is 5.69 Å². The summed E-state index contributed by atoms with van der Waals surface area (Å²) in [6.45, 7) is 3.18. The van der Waals surface area contributed by atoms with E-state index in [0.717, 1.165) is 7.05 Å². The van der Waals surface area contributed by atoms with Crippen molar-refractivity contribution in [2.45, 2.75) is 32.7 Å². The van der Waals surface area contributed by atoms with E-state index in [1.807, 2.05) is 0 Å². The van der Waals surface area contributed by atoms with E-state index in [4.69, 9.17) is 4.74 Å². The molecule has 24 heavy (non-hydrogen) atoms. The molecule has 0 bridgehead atoms. The quantitative estimate of drug-likeness (QED) is 0.880. The van der Waals surface area contributed by atoms with Crippen molar-refractivity contribution in [1.82, 2.24) is 30.3 Å². The molecule has 8 nitrogen and oxygen atoms in total. The minimum atomic E-state index is -4.62. The molecule has 0 aliphatic heterocycles. The molecule has 2 aromatic rings. The fourth-order valence-electron chi connectivity index (χ4n) is 1.86. The minimum Gasteiger partial charge on any atom is -0.474 e. The highest BCUT2D eigenvalue weighted by molar-refractivity contribution is 5.91. The number of carbonyl (C=O) groups excluding carboxylic acids is 1. The lowest BCUT2D eigenvalue weighted by molar-refractivity contribution is -0.144. The van der Waals surface area contributed by atoms with Crippen LogP contribution < -0.4 is 10.1 Å². The Kier molecular flexibility index (Phi) is 5.00. The molecule has 0 radical (unpaired) electrons. The molecule has 0 unspecified atom stereocenters. The zero-order chi connectivity index (χ0) is 17.9. The Balaban J connectivity index is 2.04. The van der Waals surface area contributed by atoms with Gasteiger partial charge in [0.05, 0.1) is 25.0 Å². The first kappa shape index (κ1) is 17.6. The molecule has 11 heteroatoms. The molecule has 0 fully saturated rings. The van der Waals surface area contributed by atoms with Crippen molar-refractivity contribution in [3.8, 4) is 5.88 Å². The van der Waals surface area contributed by atoms with Gasteiger partial charge in [-0.3, -0.25) is 4.79 Å². The first-order valence-electron chi connectivity index (χ1n) is 6.91. The summed E-state index contributed by atoms with van der Waals surface area (Å²) in [5.41, 5.74) is -1.45. The largest absolute Gasteiger partial charge is 0.474 e. The standard InChI is InChI=1S/C13H15F3N6O2/c1-7(2)24-10-6-17-9(5-18-10)12(23)19-4-8-11(13(14,15)16)22(3)21-20-8/h5-7H,4H2,1-3H3,(H,19,23). The number of alkyl halides is 3. The Morgan fingerprint density at radius 2 is 2.04 bits per heavy atom. The second kappa shape index (κ2) is 6.81. The molecular weight excluding hydrogens is 329 g/mol. The third kappa shape index (κ3) is 4.18. The van der Waals surface area contributed by atoms with Crippen molar-refractivity contribution in [2.24, 2.45) is 7.05 Å². The highest BCUT2D eigenvalue weighted by Crippen LogP contribution is 2.30. The monoisotopic (exact) mass is 344 g/mol. The lowest BCUT2D eigenvalue weighted by Crippen LogP contribution is -2.26. The number of rotatable bonds is 5. The number of hydrogen-bond acceptors (Lipinski definition) is 6. The number of aryl methyl sites for hydroxylation is 1. The minimum absolute atomic E-state index is 0.0523. The van der Waals surface area contributed by atoms with Crippen molar-refractivity contribution in [2.75, 3.05) is 0 Å². The van der Waals surface area contributed by atoms with Crippen LogP contribution in [-0.4, -0.2) is 37.0 Å². The van der Waals surface area contributed by atoms with Crippen LogP contribution in [0.15, 0.2) is 12.4 Å². The molecular formula is C13H15F3N6O2. The van der Waals surface area contributed by atoms with Crippen LogP contribution in [0.3, 0.4) is 0 Å². The number of nitrogens with zero attached hydrogens (tertiary/aromatic N) is 5. The van der Waals surface area contributed by atoms with E-state index in [1.54, 1.807) is 13.8 Å². The van der Waals surface area contributed by atoms with Crippen LogP contribution in [0.1, 0.15) is 35.7 Å². The van der Waals surface area contributed by atoms with E-state index in [-0.39, 0.29) is 23.4 Å². The highest BCUT2D eigenvalue weighted by atomic mass is 19.4. The van der Waals surface area contributed by atoms with Crippen molar-refractivity contribution < 1.29 is 22.7 Å². The number of halogens is 3. The second-order valence-electron chi connectivity index (χ2n) is 5.10. The number of amides is 1. The number of ether oxygens (including phenoxy) is 1. The molecule has 0 aliphatic rings. The fourth-order valence-corrected chi connectivity index (χ4v) is 1.86. The molecule has 130 valence electrons. The highest BCUT2D eigenvalue weighted by Gasteiger charge is 2.38. The van der Waals surface area contributed by atoms with Crippen LogP contribution in [0, 0.1) is 0 Å². The zero-order valence-corrected chi connectivity index (χ0v) is 13.1. The Labute approximate surface area is 135 Å². The lowest BCUT2D eigenvalue weighted by Gasteiger charge is -2.09. The molecule has 0 saturated heterocycles. The normalized spacial score (nSPS) is 11.6. The predicted molar refractivity (Wildman–Crippen MR) is 75.0 cm³/mol. The molecule has 0 atom stereocenters. The first-order chi connectivity index (χ1) is 11.2. The van der Waals surface area contributed by atoms with Crippen LogP contribution in [0.4, 0.5) is 13.2 Å². The van der Waals surface area contributed by atoms with Crippen LogP contribution in [0.5, 0.6) is 5.88 Å². The summed E-state index contributed by atoms with van der Waals surface area (Å²) in [6, 6.07) is 0. The zero-order valence-electron chi connectivity index (χ0n) is 13.1. The molecule has 0 aromatic carbocycles. The maximum absolute atomic E-state index is 12.9. The fraction of sp³-hybridized carbons (Fsp3) is 0.462. The van der Waals surface area contributed by atoms with Gasteiger partial charge in [-0.1, -0.05) is 5.21 Å². The first-order valence-corrected chi connectivity index (χ1v) is 6.91. The van der Waals surface area contributed by atoms with Crippen LogP contribution in [0.2, 0.25) is 0 Å². The van der Waals surface area contributed by atoms with Crippen LogP contribution in [0.25, 0.3) is 0 Å². The third-order valence-electron chi connectivity index (χ3n) is 2.80. The molecule has 0 spiro atoms. The number of nitrogens with one attached hydrogen (secondary N) is 1. The van der Waals surface area contributed by atoms with E-state index in [0.29, 0.717) is 4.68 Å². The van der Waals surface area contributed by atoms with Crippen molar-refractivity contribution in [1.29, 1.82) is 0 Å². The average molecular weight is 344 g/mol. The smallest absolute Gasteiger partial charge is 0.434 e. The van der Waals surface area contributed by atoms with Gasteiger partial charge in [0.2, 0.25) is 5.88 Å². The molecule has 1 amide bonds. The van der Waals surface area contributed by atoms with Gasteiger partial charge in [-0.15, -0.1) is 5.10 Å². The SMILES string of the molecule is CC(C)Oc1cnc(C(=O)NCc2nnn(C)c2C(F)(F)F)cn1. The van der Waals surface area contributed by atoms with Crippen LogP contribution in [-0.2, 0) is 19.8 Å². The topological polar surface area (TPSA) is 94.8 Å². The van der Waals surface area contributed by atoms with Crippen molar-refractivity contribution >= 4 is 5.91 Å². The van der Waals surface area contributed by atoms with Gasteiger partial charge in [-0.05, 0) is 13.8 Å². The summed E-state index contributed by atoms with van der Waals surface area (Å²) < 4.78 is 44.6. The molecule has 1 N–H and O–H groups in total. The van der Waals surface area contributed by atoms with Gasteiger partial charge >= 0.3 is 6.18 Å². The Morgan fingerprint density at radius 1 is 1.33 bits per heavy atom. The van der Waals surface area contributed by atoms with Gasteiger partial charge < -0.3 is 10.1 Å². The third-order valence-corrected chi connectivity index (χ3v) is 2.80. The van der Waals surface area contributed by atoms with Crippen molar-refractivity contribution in [3.05, 3.63) is 29.5 Å². The maximum atomic E-state index is 12.9. The van der Waals surface area contributed by atoms with Gasteiger partial charge in [-0.25, -0.2) is 14.6 Å². The Hall–Kier alpha value is -2.72.